The van der Waals surface area contributed by atoms with E-state index in [1.54, 1.807) is 11.0 Å². The molecule has 0 bridgehead atoms. The van der Waals surface area contributed by atoms with Crippen molar-refractivity contribution in [1.82, 2.24) is 0 Å². The number of ether oxygens (including phenoxy) is 6. The number of alkyl halides is 1. The Bertz CT molecular complexity index is 1560. The minimum Gasteiger partial charge on any atom is -0.481 e. The molecule has 47 heavy (non-hydrogen) atoms. The smallest absolute Gasteiger partial charge is 0.303 e. The van der Waals surface area contributed by atoms with Gasteiger partial charge in [-0.1, -0.05) is 0 Å². The van der Waals surface area contributed by atoms with Crippen molar-refractivity contribution in [3.05, 3.63) is 22.6 Å². The highest BCUT2D eigenvalue weighted by Gasteiger charge is 2.53. The van der Waals surface area contributed by atoms with Gasteiger partial charge >= 0.3 is 29.8 Å². The van der Waals surface area contributed by atoms with Crippen LogP contribution in [-0.2, 0) is 52.5 Å². The molecule has 16 heteroatoms. The fraction of sp³-hybridized carbons (Fsp3) is 0.548. The first-order chi connectivity index (χ1) is 22.2. The number of aliphatic carboxylic acids is 1. The van der Waals surface area contributed by atoms with E-state index in [0.29, 0.717) is 10.4 Å². The van der Waals surface area contributed by atoms with Crippen LogP contribution < -0.4 is 9.64 Å². The standard InChI is InChI=1S/C31H36ClNO13S/c1-14-13-47-30-21(9-20-26(25(14)30)19(10-32)11-33(20)23(38)7-6-8-24(39)40)45-31-29(44-18(5)37)28(43-17(4)36)27(42-16(3)35)22(46-31)12-41-15(2)34/h9,13,19,22,27-29,31H,6-8,10-12H2,1-5H3,(H,39,40)/t19-,22-,27+,28+,29-,31-/m1/s1. The van der Waals surface area contributed by atoms with Crippen LogP contribution in [0.25, 0.3) is 10.1 Å². The zero-order valence-corrected chi connectivity index (χ0v) is 28.0. The van der Waals surface area contributed by atoms with E-state index in [0.717, 1.165) is 37.3 Å². The third kappa shape index (κ3) is 8.32. The number of anilines is 1. The van der Waals surface area contributed by atoms with E-state index in [1.807, 2.05) is 12.3 Å². The zero-order chi connectivity index (χ0) is 34.6. The Kier molecular flexibility index (Phi) is 11.7. The van der Waals surface area contributed by atoms with Gasteiger partial charge in [-0.3, -0.25) is 28.8 Å². The highest BCUT2D eigenvalue weighted by atomic mass is 35.5. The first-order valence-electron chi connectivity index (χ1n) is 14.8. The Morgan fingerprint density at radius 2 is 1.60 bits per heavy atom. The number of rotatable bonds is 12. The maximum atomic E-state index is 13.4. The number of fused-ring (bicyclic) bond motifs is 3. The van der Waals surface area contributed by atoms with Crippen LogP contribution in [0, 0.1) is 6.92 Å². The number of halogens is 1. The van der Waals surface area contributed by atoms with Crippen molar-refractivity contribution in [2.45, 2.75) is 90.5 Å². The van der Waals surface area contributed by atoms with Crippen LogP contribution in [-0.4, -0.2) is 90.6 Å². The lowest BCUT2D eigenvalue weighted by molar-refractivity contribution is -0.288. The highest BCUT2D eigenvalue weighted by Crippen LogP contribution is 2.49. The van der Waals surface area contributed by atoms with Crippen molar-refractivity contribution in [3.8, 4) is 5.75 Å². The number of hydrogen-bond acceptors (Lipinski definition) is 13. The molecule has 14 nitrogen and oxygen atoms in total. The lowest BCUT2D eigenvalue weighted by Crippen LogP contribution is -2.63. The van der Waals surface area contributed by atoms with E-state index >= 15 is 0 Å². The van der Waals surface area contributed by atoms with Gasteiger partial charge in [0.2, 0.25) is 18.3 Å². The average molecular weight is 698 g/mol. The summed E-state index contributed by atoms with van der Waals surface area (Å²) < 4.78 is 34.9. The molecular weight excluding hydrogens is 662 g/mol. The third-order valence-electron chi connectivity index (χ3n) is 7.57. The van der Waals surface area contributed by atoms with E-state index in [1.165, 1.54) is 18.3 Å². The second-order valence-electron chi connectivity index (χ2n) is 11.2. The number of carboxylic acids is 1. The molecular formula is C31H36ClNO13S. The molecule has 0 unspecified atom stereocenters. The van der Waals surface area contributed by atoms with Gasteiger partial charge in [-0.25, -0.2) is 0 Å². The van der Waals surface area contributed by atoms with Crippen LogP contribution in [0.15, 0.2) is 11.4 Å². The van der Waals surface area contributed by atoms with Crippen LogP contribution >= 0.6 is 22.9 Å². The van der Waals surface area contributed by atoms with E-state index in [2.05, 4.69) is 0 Å². The predicted molar refractivity (Wildman–Crippen MR) is 166 cm³/mol. The van der Waals surface area contributed by atoms with Crippen LogP contribution in [0.2, 0.25) is 0 Å². The molecule has 1 aromatic heterocycles. The average Bonchev–Trinajstić information content (AvgIpc) is 3.54. The monoisotopic (exact) mass is 697 g/mol. The Hall–Kier alpha value is -3.95. The maximum absolute atomic E-state index is 13.4. The highest BCUT2D eigenvalue weighted by molar-refractivity contribution is 7.17. The molecule has 6 atom stereocenters. The topological polar surface area (TPSA) is 181 Å². The first-order valence-corrected chi connectivity index (χ1v) is 16.2. The first kappa shape index (κ1) is 35.9. The molecule has 4 rings (SSSR count). The Morgan fingerprint density at radius 1 is 0.957 bits per heavy atom. The molecule has 1 aromatic carbocycles. The number of carbonyl (C=O) groups is 6. The molecule has 1 fully saturated rings. The number of aryl methyl sites for hydroxylation is 1. The van der Waals surface area contributed by atoms with Gasteiger partial charge in [0.1, 0.15) is 18.5 Å². The summed E-state index contributed by atoms with van der Waals surface area (Å²) in [5.41, 5.74) is 2.25. The summed E-state index contributed by atoms with van der Waals surface area (Å²) in [6.07, 6.45) is -6.95. The van der Waals surface area contributed by atoms with Crippen molar-refractivity contribution >= 4 is 74.5 Å². The molecule has 1 saturated heterocycles. The number of carbonyl (C=O) groups excluding carboxylic acids is 5. The minimum absolute atomic E-state index is 0.00269. The number of carboxylic acid groups (broad SMARTS) is 1. The number of esters is 4. The SMILES string of the molecule is CC(=O)OC[C@H]1O[C@@H](Oc2cc3c(c4c(C)csc24)[C@H](CCl)CN3C(=O)CCCC(=O)O)[C@H](OC(C)=O)[C@@H](OC(C)=O)[C@H]1OC(C)=O. The predicted octanol–water partition coefficient (Wildman–Crippen LogP) is 3.60. The summed E-state index contributed by atoms with van der Waals surface area (Å²) >= 11 is 7.74. The largest absolute Gasteiger partial charge is 0.481 e. The quantitative estimate of drug-likeness (QED) is 0.193. The van der Waals surface area contributed by atoms with Gasteiger partial charge in [0.05, 0.1) is 10.4 Å². The van der Waals surface area contributed by atoms with E-state index in [4.69, 9.17) is 45.1 Å². The molecule has 3 heterocycles. The maximum Gasteiger partial charge on any atom is 0.303 e. The van der Waals surface area contributed by atoms with Crippen molar-refractivity contribution in [1.29, 1.82) is 0 Å². The fourth-order valence-corrected chi connectivity index (χ4v) is 7.06. The van der Waals surface area contributed by atoms with Crippen molar-refractivity contribution in [2.75, 3.05) is 23.9 Å². The summed E-state index contributed by atoms with van der Waals surface area (Å²) in [7, 11) is 0. The molecule has 0 radical (unpaired) electrons. The van der Waals surface area contributed by atoms with Crippen molar-refractivity contribution in [3.63, 3.8) is 0 Å². The van der Waals surface area contributed by atoms with E-state index in [-0.39, 0.29) is 49.3 Å². The fourth-order valence-electron chi connectivity index (χ4n) is 5.79. The molecule has 2 aliphatic rings. The molecule has 2 aromatic rings. The van der Waals surface area contributed by atoms with Gasteiger partial charge in [0.15, 0.2) is 12.2 Å². The number of amides is 1. The van der Waals surface area contributed by atoms with Gasteiger partial charge in [0.25, 0.3) is 0 Å². The number of benzene rings is 1. The summed E-state index contributed by atoms with van der Waals surface area (Å²) in [6.45, 7) is 6.30. The Morgan fingerprint density at radius 3 is 2.19 bits per heavy atom. The van der Waals surface area contributed by atoms with Gasteiger partial charge in [-0.15, -0.1) is 22.9 Å². The minimum atomic E-state index is -1.48. The molecule has 0 saturated carbocycles. The molecule has 256 valence electrons. The van der Waals surface area contributed by atoms with Gasteiger partial charge < -0.3 is 38.4 Å². The van der Waals surface area contributed by atoms with Crippen molar-refractivity contribution < 1.29 is 62.3 Å². The lowest BCUT2D eigenvalue weighted by Gasteiger charge is -2.44. The van der Waals surface area contributed by atoms with Crippen LogP contribution in [0.4, 0.5) is 5.69 Å². The van der Waals surface area contributed by atoms with Gasteiger partial charge in [-0.05, 0) is 29.9 Å². The van der Waals surface area contributed by atoms with Crippen molar-refractivity contribution in [2.24, 2.45) is 0 Å². The summed E-state index contributed by atoms with van der Waals surface area (Å²) in [4.78, 5) is 74.3. The normalized spacial score (nSPS) is 23.5. The Balaban J connectivity index is 1.81. The van der Waals surface area contributed by atoms with E-state index in [9.17, 15) is 28.8 Å². The number of thiophene rings is 1. The third-order valence-corrected chi connectivity index (χ3v) is 9.06. The lowest BCUT2D eigenvalue weighted by atomic mass is 9.96. The van der Waals surface area contributed by atoms with E-state index < -0.39 is 67.2 Å². The van der Waals surface area contributed by atoms with Crippen LogP contribution in [0.3, 0.4) is 0 Å². The van der Waals surface area contributed by atoms with Gasteiger partial charge in [0, 0.05) is 70.3 Å². The molecule has 1 N–H and O–H groups in total. The van der Waals surface area contributed by atoms with Gasteiger partial charge in [-0.2, -0.15) is 0 Å². The number of hydrogen-bond donors (Lipinski definition) is 1. The molecule has 2 aliphatic heterocycles. The summed E-state index contributed by atoms with van der Waals surface area (Å²) in [5.74, 6) is -4.04. The summed E-state index contributed by atoms with van der Waals surface area (Å²) in [6, 6.07) is 1.64. The number of nitrogens with zero attached hydrogens (tertiary/aromatic N) is 1. The van der Waals surface area contributed by atoms with Crippen LogP contribution in [0.1, 0.15) is 64.0 Å². The zero-order valence-electron chi connectivity index (χ0n) is 26.4. The Labute approximate surface area is 279 Å². The second-order valence-corrected chi connectivity index (χ2v) is 12.4. The molecule has 0 aliphatic carbocycles. The molecule has 0 spiro atoms. The molecule has 1 amide bonds. The second kappa shape index (κ2) is 15.3. The van der Waals surface area contributed by atoms with Crippen LogP contribution in [0.5, 0.6) is 5.75 Å². The summed E-state index contributed by atoms with van der Waals surface area (Å²) in [5, 5.41) is 11.8.